The van der Waals surface area contributed by atoms with Crippen LogP contribution < -0.4 is 0 Å². The summed E-state index contributed by atoms with van der Waals surface area (Å²) in [7, 11) is -3.75. The number of halogens is 1. The molecule has 2 heterocycles. The van der Waals surface area contributed by atoms with Crippen LogP contribution in [0.15, 0.2) is 59.3 Å². The minimum Gasteiger partial charge on any atom is -0.265 e. The Morgan fingerprint density at radius 1 is 1.32 bits per heavy atom. The van der Waals surface area contributed by atoms with E-state index >= 15 is 0 Å². The van der Waals surface area contributed by atoms with Crippen molar-refractivity contribution in [2.24, 2.45) is 5.41 Å². The van der Waals surface area contributed by atoms with Gasteiger partial charge in [-0.2, -0.15) is 4.31 Å². The topological polar surface area (TPSA) is 93.4 Å². The van der Waals surface area contributed by atoms with Crippen LogP contribution in [0.2, 0.25) is 0 Å². The van der Waals surface area contributed by atoms with E-state index in [1.807, 2.05) is 13.0 Å². The van der Waals surface area contributed by atoms with Gasteiger partial charge in [0.05, 0.1) is 10.3 Å². The zero-order chi connectivity index (χ0) is 20.5. The average Bonchev–Trinajstić information content (AvgIpc) is 2.99. The van der Waals surface area contributed by atoms with Crippen LogP contribution in [0.1, 0.15) is 18.1 Å². The molecule has 3 rings (SSSR count). The van der Waals surface area contributed by atoms with Crippen molar-refractivity contribution in [1.82, 2.24) is 9.29 Å². The summed E-state index contributed by atoms with van der Waals surface area (Å²) < 4.78 is 28.4. The number of benzene rings is 1. The molecule has 0 saturated carbocycles. The lowest BCUT2D eigenvalue weighted by Gasteiger charge is -2.22. The van der Waals surface area contributed by atoms with Gasteiger partial charge in [-0.25, -0.2) is 8.42 Å². The molecule has 1 aliphatic heterocycles. The maximum atomic E-state index is 13.1. The van der Waals surface area contributed by atoms with Crippen LogP contribution in [0.3, 0.4) is 0 Å². The van der Waals surface area contributed by atoms with Gasteiger partial charge in [-0.15, -0.1) is 0 Å². The molecule has 1 aromatic heterocycles. The maximum Gasteiger partial charge on any atom is 0.243 e. The summed E-state index contributed by atoms with van der Waals surface area (Å²) in [6.07, 6.45) is 3.33. The fourth-order valence-corrected chi connectivity index (χ4v) is 6.04. The van der Waals surface area contributed by atoms with Gasteiger partial charge < -0.3 is 0 Å². The first-order valence-electron chi connectivity index (χ1n) is 8.62. The van der Waals surface area contributed by atoms with E-state index in [4.69, 9.17) is 0 Å². The molecule has 7 nitrogen and oxygen atoms in total. The van der Waals surface area contributed by atoms with Gasteiger partial charge in [0.25, 0.3) is 0 Å². The van der Waals surface area contributed by atoms with Crippen LogP contribution in [-0.4, -0.2) is 42.3 Å². The molecule has 28 heavy (non-hydrogen) atoms. The van der Waals surface area contributed by atoms with E-state index in [9.17, 15) is 18.5 Å². The zero-order valence-corrected chi connectivity index (χ0v) is 18.5. The number of nitrogens with zero attached hydrogens (tertiary/aromatic N) is 3. The van der Waals surface area contributed by atoms with Gasteiger partial charge in [-0.3, -0.25) is 15.1 Å². The molecule has 0 bridgehead atoms. The molecule has 0 N–H and O–H groups in total. The van der Waals surface area contributed by atoms with Crippen molar-refractivity contribution in [3.63, 3.8) is 0 Å². The number of hydrogen-bond acceptors (Lipinski definition) is 5. The van der Waals surface area contributed by atoms with Crippen molar-refractivity contribution in [1.29, 1.82) is 0 Å². The molecular formula is C19H20IN3O4S. The van der Waals surface area contributed by atoms with Crippen LogP contribution in [0.4, 0.5) is 0 Å². The molecule has 9 heteroatoms. The first kappa shape index (κ1) is 20.9. The number of aromatic nitrogens is 1. The summed E-state index contributed by atoms with van der Waals surface area (Å²) in [5, 5.41) is 11.3. The highest BCUT2D eigenvalue weighted by atomic mass is 127. The Balaban J connectivity index is 2.06. The summed E-state index contributed by atoms with van der Waals surface area (Å²) in [5.41, 5.74) is 1.63. The molecule has 1 aromatic carbocycles. The van der Waals surface area contributed by atoms with Crippen molar-refractivity contribution in [2.75, 3.05) is 19.6 Å². The minimum absolute atomic E-state index is 0.0618. The summed E-state index contributed by atoms with van der Waals surface area (Å²) in [4.78, 5) is 15.2. The van der Waals surface area contributed by atoms with Gasteiger partial charge in [0.2, 0.25) is 16.6 Å². The molecule has 0 aliphatic carbocycles. The zero-order valence-electron chi connectivity index (χ0n) is 15.5. The lowest BCUT2D eigenvalue weighted by Crippen LogP contribution is -2.34. The predicted octanol–water partition coefficient (Wildman–Crippen LogP) is 3.52. The van der Waals surface area contributed by atoms with Crippen molar-refractivity contribution >= 4 is 36.2 Å². The first-order valence-corrected chi connectivity index (χ1v) is 11.1. The third kappa shape index (κ3) is 4.11. The highest BCUT2D eigenvalue weighted by molar-refractivity contribution is 14.1. The van der Waals surface area contributed by atoms with Crippen LogP contribution in [0.5, 0.6) is 0 Å². The second-order valence-corrected chi connectivity index (χ2v) is 10.2. The second kappa shape index (κ2) is 7.88. The molecule has 0 unspecified atom stereocenters. The van der Waals surface area contributed by atoms with Crippen LogP contribution >= 0.6 is 22.6 Å². The number of sulfonamides is 1. The Bertz CT molecular complexity index is 1020. The largest absolute Gasteiger partial charge is 0.265 e. The smallest absolute Gasteiger partial charge is 0.243 e. The van der Waals surface area contributed by atoms with Gasteiger partial charge >= 0.3 is 0 Å². The first-order chi connectivity index (χ1) is 13.1. The molecule has 1 saturated heterocycles. The summed E-state index contributed by atoms with van der Waals surface area (Å²) >= 11 is 2.13. The lowest BCUT2D eigenvalue weighted by atomic mass is 9.84. The van der Waals surface area contributed by atoms with Crippen molar-refractivity contribution in [3.05, 3.63) is 75.6 Å². The van der Waals surface area contributed by atoms with E-state index in [-0.39, 0.29) is 29.5 Å². The van der Waals surface area contributed by atoms with E-state index < -0.39 is 15.4 Å². The van der Waals surface area contributed by atoms with Crippen LogP contribution in [0, 0.1) is 22.5 Å². The molecule has 148 valence electrons. The molecule has 0 spiro atoms. The monoisotopic (exact) mass is 513 g/mol. The van der Waals surface area contributed by atoms with Gasteiger partial charge in [0.15, 0.2) is 0 Å². The van der Waals surface area contributed by atoms with Crippen molar-refractivity contribution in [2.45, 2.75) is 18.7 Å². The molecular weight excluding hydrogens is 493 g/mol. The van der Waals surface area contributed by atoms with Gasteiger partial charge in [-0.05, 0) is 60.2 Å². The molecule has 1 fully saturated rings. The highest BCUT2D eigenvalue weighted by Gasteiger charge is 2.48. The van der Waals surface area contributed by atoms with Gasteiger partial charge in [-0.1, -0.05) is 23.8 Å². The number of nitro groups is 1. The number of pyridine rings is 1. The summed E-state index contributed by atoms with van der Waals surface area (Å²) in [6.45, 7) is 3.48. The van der Waals surface area contributed by atoms with E-state index in [2.05, 4.69) is 27.6 Å². The second-order valence-electron chi connectivity index (χ2n) is 7.17. The SMILES string of the molecule is Cc1ccc(S(=O)(=O)N2C/C(=C(\I)c3cccnc3)[C@@](C)(C[N+](=O)[O-])C2)cc1. The molecule has 2 aromatic rings. The van der Waals surface area contributed by atoms with Crippen molar-refractivity contribution in [3.8, 4) is 0 Å². The van der Waals surface area contributed by atoms with Crippen LogP contribution in [0.25, 0.3) is 3.58 Å². The Morgan fingerprint density at radius 2 is 2.00 bits per heavy atom. The third-order valence-corrected chi connectivity index (χ3v) is 7.98. The molecule has 0 radical (unpaired) electrons. The summed E-state index contributed by atoms with van der Waals surface area (Å²) in [6, 6.07) is 10.3. The standard InChI is InChI=1S/C19H20IN3O4S/c1-14-5-7-16(8-6-14)28(26,27)22-11-17(19(2,12-22)13-23(24)25)18(20)15-4-3-9-21-10-15/h3-10H,11-13H2,1-2H3/b18-17+/t19-/m1/s1. The number of aryl methyl sites for hydroxylation is 1. The van der Waals surface area contributed by atoms with Crippen LogP contribution in [-0.2, 0) is 10.0 Å². The third-order valence-electron chi connectivity index (χ3n) is 4.91. The van der Waals surface area contributed by atoms with E-state index in [0.717, 1.165) is 20.3 Å². The Labute approximate surface area is 177 Å². The van der Waals surface area contributed by atoms with Crippen molar-refractivity contribution < 1.29 is 13.3 Å². The molecule has 0 amide bonds. The number of rotatable bonds is 5. The molecule has 1 aliphatic rings. The Morgan fingerprint density at radius 3 is 2.57 bits per heavy atom. The summed E-state index contributed by atoms with van der Waals surface area (Å²) in [5.74, 6) is 0. The number of hydrogen-bond donors (Lipinski definition) is 0. The highest BCUT2D eigenvalue weighted by Crippen LogP contribution is 2.44. The van der Waals surface area contributed by atoms with E-state index in [1.54, 1.807) is 49.6 Å². The predicted molar refractivity (Wildman–Crippen MR) is 115 cm³/mol. The van der Waals surface area contributed by atoms with E-state index in [0.29, 0.717) is 0 Å². The fraction of sp³-hybridized carbons (Fsp3) is 0.316. The minimum atomic E-state index is -3.75. The fourth-order valence-electron chi connectivity index (χ4n) is 3.37. The maximum absolute atomic E-state index is 13.1. The van der Waals surface area contributed by atoms with Gasteiger partial charge in [0, 0.05) is 39.5 Å². The lowest BCUT2D eigenvalue weighted by molar-refractivity contribution is -0.493. The normalized spacial score (nSPS) is 22.2. The van der Waals surface area contributed by atoms with E-state index in [1.165, 1.54) is 4.31 Å². The molecule has 1 atom stereocenters. The Hall–Kier alpha value is -1.85. The Kier molecular flexibility index (Phi) is 5.87. The quantitative estimate of drug-likeness (QED) is 0.347. The average molecular weight is 513 g/mol. The van der Waals surface area contributed by atoms with Gasteiger partial charge in [0.1, 0.15) is 0 Å².